The van der Waals surface area contributed by atoms with E-state index in [1.54, 1.807) is 24.3 Å². The molecular weight excluding hydrogens is 250 g/mol. The number of hydrogen-bond acceptors (Lipinski definition) is 3. The van der Waals surface area contributed by atoms with Gasteiger partial charge in [-0.05, 0) is 29.8 Å². The molecule has 2 aromatic rings. The molecule has 2 aromatic carbocycles. The predicted octanol–water partition coefficient (Wildman–Crippen LogP) is 2.07. The van der Waals surface area contributed by atoms with E-state index in [4.69, 9.17) is 0 Å². The van der Waals surface area contributed by atoms with Gasteiger partial charge in [0.25, 0.3) is 0 Å². The largest absolute Gasteiger partial charge is 0.508 e. The van der Waals surface area contributed by atoms with E-state index in [9.17, 15) is 10.2 Å². The summed E-state index contributed by atoms with van der Waals surface area (Å²) in [5, 5.41) is 22.2. The number of aliphatic hydroxyl groups excluding tert-OH is 1. The Morgan fingerprint density at radius 1 is 1.00 bits per heavy atom. The van der Waals surface area contributed by atoms with Gasteiger partial charge in [0.2, 0.25) is 0 Å². The van der Waals surface area contributed by atoms with Gasteiger partial charge in [0.05, 0.1) is 12.6 Å². The SMILES string of the molecule is Oc1ccc(C(O)CNCC#Cc2ccccc2)cc1. The molecule has 3 heteroatoms. The average molecular weight is 267 g/mol. The Morgan fingerprint density at radius 3 is 2.40 bits per heavy atom. The number of nitrogens with one attached hydrogen (secondary N) is 1. The van der Waals surface area contributed by atoms with Gasteiger partial charge in [-0.15, -0.1) is 0 Å². The Morgan fingerprint density at radius 2 is 1.70 bits per heavy atom. The standard InChI is InChI=1S/C17H17NO2/c19-16-10-8-15(9-11-16)17(20)13-18-12-4-7-14-5-2-1-3-6-14/h1-3,5-6,8-11,17-20H,12-13H2. The van der Waals surface area contributed by atoms with Crippen LogP contribution in [0.4, 0.5) is 0 Å². The molecule has 3 N–H and O–H groups in total. The Hall–Kier alpha value is -2.28. The second kappa shape index (κ2) is 7.34. The molecule has 0 aromatic heterocycles. The van der Waals surface area contributed by atoms with Crippen molar-refractivity contribution in [3.63, 3.8) is 0 Å². The van der Waals surface area contributed by atoms with Gasteiger partial charge in [-0.2, -0.15) is 0 Å². The molecule has 2 rings (SSSR count). The number of benzene rings is 2. The molecule has 0 amide bonds. The van der Waals surface area contributed by atoms with E-state index in [2.05, 4.69) is 17.2 Å². The number of phenols is 1. The van der Waals surface area contributed by atoms with Crippen LogP contribution in [0.2, 0.25) is 0 Å². The average Bonchev–Trinajstić information content (AvgIpc) is 2.48. The van der Waals surface area contributed by atoms with Crippen molar-refractivity contribution >= 4 is 0 Å². The highest BCUT2D eigenvalue weighted by molar-refractivity contribution is 5.33. The number of aliphatic hydroxyl groups is 1. The van der Waals surface area contributed by atoms with Gasteiger partial charge in [0.15, 0.2) is 0 Å². The molecule has 0 aliphatic carbocycles. The molecule has 1 unspecified atom stereocenters. The van der Waals surface area contributed by atoms with Crippen LogP contribution in [0, 0.1) is 11.8 Å². The summed E-state index contributed by atoms with van der Waals surface area (Å²) in [5.74, 6) is 6.24. The van der Waals surface area contributed by atoms with E-state index in [0.717, 1.165) is 11.1 Å². The Labute approximate surface area is 118 Å². The van der Waals surface area contributed by atoms with Crippen LogP contribution in [0.1, 0.15) is 17.2 Å². The smallest absolute Gasteiger partial charge is 0.115 e. The number of phenolic OH excluding ortho intramolecular Hbond substituents is 1. The molecular formula is C17H17NO2. The third kappa shape index (κ3) is 4.43. The molecule has 0 heterocycles. The van der Waals surface area contributed by atoms with Crippen molar-refractivity contribution in [1.29, 1.82) is 0 Å². The minimum Gasteiger partial charge on any atom is -0.508 e. The van der Waals surface area contributed by atoms with Crippen molar-refractivity contribution in [2.45, 2.75) is 6.10 Å². The molecule has 0 saturated heterocycles. The summed E-state index contributed by atoms with van der Waals surface area (Å²) in [5.41, 5.74) is 1.75. The lowest BCUT2D eigenvalue weighted by Gasteiger charge is -2.10. The van der Waals surface area contributed by atoms with E-state index >= 15 is 0 Å². The highest BCUT2D eigenvalue weighted by Gasteiger charge is 2.05. The van der Waals surface area contributed by atoms with Crippen molar-refractivity contribution in [3.05, 3.63) is 65.7 Å². The quantitative estimate of drug-likeness (QED) is 0.587. The molecule has 0 aliphatic rings. The topological polar surface area (TPSA) is 52.5 Å². The molecule has 0 saturated carbocycles. The predicted molar refractivity (Wildman–Crippen MR) is 79.3 cm³/mol. The highest BCUT2D eigenvalue weighted by Crippen LogP contribution is 2.15. The zero-order valence-corrected chi connectivity index (χ0v) is 11.1. The maximum atomic E-state index is 9.94. The lowest BCUT2D eigenvalue weighted by Crippen LogP contribution is -2.21. The van der Waals surface area contributed by atoms with E-state index in [0.29, 0.717) is 13.1 Å². The summed E-state index contributed by atoms with van der Waals surface area (Å²) in [6.45, 7) is 0.943. The van der Waals surface area contributed by atoms with Gasteiger partial charge in [0, 0.05) is 12.1 Å². The summed E-state index contributed by atoms with van der Waals surface area (Å²) < 4.78 is 0. The lowest BCUT2D eigenvalue weighted by atomic mass is 10.1. The monoisotopic (exact) mass is 267 g/mol. The maximum Gasteiger partial charge on any atom is 0.115 e. The molecule has 0 radical (unpaired) electrons. The van der Waals surface area contributed by atoms with E-state index in [1.165, 1.54) is 0 Å². The van der Waals surface area contributed by atoms with Gasteiger partial charge in [-0.1, -0.05) is 42.2 Å². The van der Waals surface area contributed by atoms with Crippen LogP contribution in [0.25, 0.3) is 0 Å². The Balaban J connectivity index is 1.76. The first-order valence-corrected chi connectivity index (χ1v) is 6.47. The van der Waals surface area contributed by atoms with Crippen molar-refractivity contribution in [1.82, 2.24) is 5.32 Å². The molecule has 102 valence electrons. The lowest BCUT2D eigenvalue weighted by molar-refractivity contribution is 0.176. The van der Waals surface area contributed by atoms with Crippen LogP contribution in [0.3, 0.4) is 0 Å². The van der Waals surface area contributed by atoms with Gasteiger partial charge in [0.1, 0.15) is 5.75 Å². The van der Waals surface area contributed by atoms with Crippen LogP contribution in [0.5, 0.6) is 5.75 Å². The normalized spacial score (nSPS) is 11.4. The fourth-order valence-electron chi connectivity index (χ4n) is 1.75. The van der Waals surface area contributed by atoms with E-state index in [-0.39, 0.29) is 5.75 Å². The first-order chi connectivity index (χ1) is 9.75. The van der Waals surface area contributed by atoms with Gasteiger partial charge in [-0.3, -0.25) is 0 Å². The van der Waals surface area contributed by atoms with Crippen molar-refractivity contribution in [2.75, 3.05) is 13.1 Å². The second-order valence-electron chi connectivity index (χ2n) is 4.41. The summed E-state index contributed by atoms with van der Waals surface area (Å²) in [4.78, 5) is 0. The van der Waals surface area contributed by atoms with Crippen LogP contribution in [-0.2, 0) is 0 Å². The Bertz CT molecular complexity index is 582. The zero-order chi connectivity index (χ0) is 14.2. The molecule has 1 atom stereocenters. The van der Waals surface area contributed by atoms with Gasteiger partial charge in [-0.25, -0.2) is 0 Å². The van der Waals surface area contributed by atoms with Gasteiger partial charge < -0.3 is 15.5 Å². The molecule has 0 spiro atoms. The minimum atomic E-state index is -0.603. The van der Waals surface area contributed by atoms with Crippen LogP contribution in [-0.4, -0.2) is 23.3 Å². The van der Waals surface area contributed by atoms with Crippen molar-refractivity contribution in [3.8, 4) is 17.6 Å². The fourth-order valence-corrected chi connectivity index (χ4v) is 1.75. The van der Waals surface area contributed by atoms with Crippen LogP contribution in [0.15, 0.2) is 54.6 Å². The summed E-state index contributed by atoms with van der Waals surface area (Å²) in [6.07, 6.45) is -0.603. The molecule has 0 fully saturated rings. The van der Waals surface area contributed by atoms with E-state index < -0.39 is 6.10 Å². The number of rotatable bonds is 4. The highest BCUT2D eigenvalue weighted by atomic mass is 16.3. The molecule has 20 heavy (non-hydrogen) atoms. The first kappa shape index (κ1) is 14.1. The Kier molecular flexibility index (Phi) is 5.19. The fraction of sp³-hybridized carbons (Fsp3) is 0.176. The molecule has 0 aliphatic heterocycles. The third-order valence-corrected chi connectivity index (χ3v) is 2.84. The summed E-state index contributed by atoms with van der Waals surface area (Å²) in [7, 11) is 0. The van der Waals surface area contributed by atoms with E-state index in [1.807, 2.05) is 30.3 Å². The number of aromatic hydroxyl groups is 1. The van der Waals surface area contributed by atoms with Crippen LogP contribution < -0.4 is 5.32 Å². The summed E-state index contributed by atoms with van der Waals surface area (Å²) >= 11 is 0. The molecule has 3 nitrogen and oxygen atoms in total. The second-order valence-corrected chi connectivity index (χ2v) is 4.41. The molecule has 0 bridgehead atoms. The maximum absolute atomic E-state index is 9.94. The minimum absolute atomic E-state index is 0.197. The summed E-state index contributed by atoms with van der Waals surface area (Å²) in [6, 6.07) is 16.3. The van der Waals surface area contributed by atoms with Crippen LogP contribution >= 0.6 is 0 Å². The number of hydrogen-bond donors (Lipinski definition) is 3. The van der Waals surface area contributed by atoms with Crippen molar-refractivity contribution < 1.29 is 10.2 Å². The first-order valence-electron chi connectivity index (χ1n) is 6.47. The van der Waals surface area contributed by atoms with Crippen molar-refractivity contribution in [2.24, 2.45) is 0 Å². The van der Waals surface area contributed by atoms with Gasteiger partial charge >= 0.3 is 0 Å². The zero-order valence-electron chi connectivity index (χ0n) is 11.1. The third-order valence-electron chi connectivity index (χ3n) is 2.84.